The minimum absolute atomic E-state index is 0.134. The molecule has 4 rings (SSSR count). The third-order valence-electron chi connectivity index (χ3n) is 7.20. The second-order valence-electron chi connectivity index (χ2n) is 10.2. The molecule has 0 saturated carbocycles. The van der Waals surface area contributed by atoms with E-state index >= 15 is 0 Å². The van der Waals surface area contributed by atoms with E-state index in [4.69, 9.17) is 0 Å². The highest BCUT2D eigenvalue weighted by atomic mass is 16.2. The molecule has 0 unspecified atom stereocenters. The number of carbonyl (C=O) groups is 2. The average Bonchev–Trinajstić information content (AvgIpc) is 2.93. The van der Waals surface area contributed by atoms with Crippen molar-refractivity contribution in [1.29, 1.82) is 0 Å². The molecular formula is C32H39N3O2. The first-order valence-electron chi connectivity index (χ1n) is 13.6. The molecule has 0 aromatic heterocycles. The van der Waals surface area contributed by atoms with Gasteiger partial charge in [-0.2, -0.15) is 0 Å². The highest BCUT2D eigenvalue weighted by Crippen LogP contribution is 2.29. The third-order valence-corrected chi connectivity index (χ3v) is 7.20. The summed E-state index contributed by atoms with van der Waals surface area (Å²) in [4.78, 5) is 28.6. The van der Waals surface area contributed by atoms with Gasteiger partial charge in [-0.05, 0) is 73.1 Å². The summed E-state index contributed by atoms with van der Waals surface area (Å²) in [5, 5.41) is 6.06. The van der Waals surface area contributed by atoms with Crippen LogP contribution < -0.4 is 15.5 Å². The van der Waals surface area contributed by atoms with Crippen LogP contribution in [-0.2, 0) is 13.0 Å². The van der Waals surface area contributed by atoms with Crippen molar-refractivity contribution in [3.8, 4) is 0 Å². The Labute approximate surface area is 221 Å². The van der Waals surface area contributed by atoms with E-state index in [2.05, 4.69) is 29.4 Å². The summed E-state index contributed by atoms with van der Waals surface area (Å²) < 4.78 is 0. The monoisotopic (exact) mass is 497 g/mol. The highest BCUT2D eigenvalue weighted by Gasteiger charge is 2.22. The number of unbranched alkanes of at least 4 members (excludes halogenated alkanes) is 2. The first-order valence-corrected chi connectivity index (χ1v) is 13.6. The average molecular weight is 498 g/mol. The maximum atomic E-state index is 13.3. The van der Waals surface area contributed by atoms with E-state index in [9.17, 15) is 9.59 Å². The summed E-state index contributed by atoms with van der Waals surface area (Å²) in [6, 6.07) is 23.4. The van der Waals surface area contributed by atoms with Gasteiger partial charge in [-0.15, -0.1) is 0 Å². The normalized spacial score (nSPS) is 13.8. The minimum atomic E-state index is -0.171. The molecule has 0 spiro atoms. The summed E-state index contributed by atoms with van der Waals surface area (Å²) in [6.07, 6.45) is 6.84. The molecule has 0 bridgehead atoms. The lowest BCUT2D eigenvalue weighted by Gasteiger charge is -2.33. The molecule has 5 heteroatoms. The fourth-order valence-corrected chi connectivity index (χ4v) is 4.80. The topological polar surface area (TPSA) is 61.4 Å². The quantitative estimate of drug-likeness (QED) is 0.302. The van der Waals surface area contributed by atoms with Crippen molar-refractivity contribution < 1.29 is 9.59 Å². The van der Waals surface area contributed by atoms with Crippen LogP contribution in [0.3, 0.4) is 0 Å². The molecule has 3 aromatic rings. The smallest absolute Gasteiger partial charge is 0.255 e. The van der Waals surface area contributed by atoms with E-state index in [0.29, 0.717) is 29.3 Å². The zero-order chi connectivity index (χ0) is 26.0. The van der Waals surface area contributed by atoms with E-state index in [1.165, 1.54) is 24.8 Å². The van der Waals surface area contributed by atoms with Gasteiger partial charge in [-0.1, -0.05) is 69.2 Å². The number of nitrogens with zero attached hydrogens (tertiary/aromatic N) is 1. The van der Waals surface area contributed by atoms with E-state index in [1.807, 2.05) is 72.8 Å². The Kier molecular flexibility index (Phi) is 9.36. The summed E-state index contributed by atoms with van der Waals surface area (Å²) in [5.41, 5.74) is 5.05. The molecule has 3 aromatic carbocycles. The molecule has 5 nitrogen and oxygen atoms in total. The van der Waals surface area contributed by atoms with Gasteiger partial charge < -0.3 is 15.5 Å². The van der Waals surface area contributed by atoms with Gasteiger partial charge in [-0.25, -0.2) is 0 Å². The predicted molar refractivity (Wildman–Crippen MR) is 152 cm³/mol. The molecule has 37 heavy (non-hydrogen) atoms. The maximum absolute atomic E-state index is 13.3. The Morgan fingerprint density at radius 1 is 0.865 bits per heavy atom. The van der Waals surface area contributed by atoms with E-state index in [0.717, 1.165) is 43.6 Å². The van der Waals surface area contributed by atoms with E-state index in [-0.39, 0.29) is 11.8 Å². The minimum Gasteiger partial charge on any atom is -0.371 e. The lowest BCUT2D eigenvalue weighted by molar-refractivity contribution is 0.0950. The summed E-state index contributed by atoms with van der Waals surface area (Å²) in [6.45, 7) is 6.79. The molecular weight excluding hydrogens is 458 g/mol. The van der Waals surface area contributed by atoms with Crippen molar-refractivity contribution >= 4 is 23.2 Å². The van der Waals surface area contributed by atoms with Crippen LogP contribution in [0.15, 0.2) is 72.8 Å². The van der Waals surface area contributed by atoms with Gasteiger partial charge in [-0.3, -0.25) is 9.59 Å². The van der Waals surface area contributed by atoms with Crippen LogP contribution in [0, 0.1) is 5.92 Å². The van der Waals surface area contributed by atoms with Crippen molar-refractivity contribution in [2.45, 2.75) is 58.9 Å². The predicted octanol–water partition coefficient (Wildman–Crippen LogP) is 6.84. The number of anilines is 2. The lowest BCUT2D eigenvalue weighted by Crippen LogP contribution is -2.35. The second-order valence-corrected chi connectivity index (χ2v) is 10.2. The lowest BCUT2D eigenvalue weighted by atomic mass is 9.97. The molecule has 2 N–H and O–H groups in total. The van der Waals surface area contributed by atoms with Crippen LogP contribution in [0.25, 0.3) is 0 Å². The van der Waals surface area contributed by atoms with Gasteiger partial charge in [0.25, 0.3) is 11.8 Å². The molecule has 1 aliphatic heterocycles. The first-order chi connectivity index (χ1) is 18.0. The molecule has 0 radical (unpaired) electrons. The third kappa shape index (κ3) is 7.45. The highest BCUT2D eigenvalue weighted by molar-refractivity contribution is 6.06. The van der Waals surface area contributed by atoms with Crippen molar-refractivity contribution in [2.24, 2.45) is 5.92 Å². The van der Waals surface area contributed by atoms with Gasteiger partial charge in [0.15, 0.2) is 0 Å². The van der Waals surface area contributed by atoms with Gasteiger partial charge in [0.1, 0.15) is 0 Å². The van der Waals surface area contributed by atoms with Crippen molar-refractivity contribution in [3.63, 3.8) is 0 Å². The molecule has 1 aliphatic rings. The molecule has 1 fully saturated rings. The Hall–Kier alpha value is -3.60. The number of benzene rings is 3. The zero-order valence-corrected chi connectivity index (χ0v) is 22.1. The number of hydrogen-bond acceptors (Lipinski definition) is 3. The van der Waals surface area contributed by atoms with Gasteiger partial charge >= 0.3 is 0 Å². The number of carbonyl (C=O) groups excluding carboxylic acids is 2. The van der Waals surface area contributed by atoms with Gasteiger partial charge in [0.05, 0.1) is 5.56 Å². The molecule has 2 amide bonds. The van der Waals surface area contributed by atoms with Crippen LogP contribution >= 0.6 is 0 Å². The fourth-order valence-electron chi connectivity index (χ4n) is 4.80. The second kappa shape index (κ2) is 13.1. The van der Waals surface area contributed by atoms with Gasteiger partial charge in [0.2, 0.25) is 0 Å². The summed E-state index contributed by atoms with van der Waals surface area (Å²) in [5.74, 6) is 0.392. The molecule has 1 saturated heterocycles. The van der Waals surface area contributed by atoms with Crippen LogP contribution in [0.1, 0.15) is 77.8 Å². The maximum Gasteiger partial charge on any atom is 0.255 e. The van der Waals surface area contributed by atoms with E-state index < -0.39 is 0 Å². The van der Waals surface area contributed by atoms with Crippen molar-refractivity contribution in [1.82, 2.24) is 5.32 Å². The number of piperidine rings is 1. The number of rotatable bonds is 10. The number of nitrogens with one attached hydrogen (secondary N) is 2. The van der Waals surface area contributed by atoms with Crippen molar-refractivity contribution in [2.75, 3.05) is 23.3 Å². The van der Waals surface area contributed by atoms with Crippen LogP contribution in [0.2, 0.25) is 0 Å². The Bertz CT molecular complexity index is 1170. The molecule has 1 heterocycles. The summed E-state index contributed by atoms with van der Waals surface area (Å²) >= 11 is 0. The molecule has 194 valence electrons. The number of hydrogen-bond donors (Lipinski definition) is 2. The Balaban J connectivity index is 1.49. The Morgan fingerprint density at radius 3 is 2.30 bits per heavy atom. The zero-order valence-electron chi connectivity index (χ0n) is 22.1. The number of aryl methyl sites for hydroxylation is 1. The standard InChI is InChI=1S/C32H39N3O2/c1-3-4-6-9-25-12-14-27(15-13-25)31(36)34-28-16-17-30(35-20-18-24(2)19-21-35)29(22-28)32(37)33-23-26-10-7-5-8-11-26/h5,7-8,10-17,22,24H,3-4,6,9,18-21,23H2,1-2H3,(H,33,37)(H,34,36). The van der Waals surface area contributed by atoms with Crippen LogP contribution in [-0.4, -0.2) is 24.9 Å². The largest absolute Gasteiger partial charge is 0.371 e. The van der Waals surface area contributed by atoms with E-state index in [1.54, 1.807) is 0 Å². The molecule has 0 atom stereocenters. The van der Waals surface area contributed by atoms with Crippen LogP contribution in [0.4, 0.5) is 11.4 Å². The molecule has 0 aliphatic carbocycles. The summed E-state index contributed by atoms with van der Waals surface area (Å²) in [7, 11) is 0. The van der Waals surface area contributed by atoms with Gasteiger partial charge in [0, 0.05) is 36.6 Å². The number of amides is 2. The van der Waals surface area contributed by atoms with Crippen LogP contribution in [0.5, 0.6) is 0 Å². The first kappa shape index (κ1) is 26.5. The SMILES string of the molecule is CCCCCc1ccc(C(=O)Nc2ccc(N3CCC(C)CC3)c(C(=O)NCc3ccccc3)c2)cc1. The van der Waals surface area contributed by atoms with Crippen molar-refractivity contribution in [3.05, 3.63) is 95.1 Å². The fraction of sp³-hybridized carbons (Fsp3) is 0.375. The Morgan fingerprint density at radius 2 is 1.59 bits per heavy atom.